The predicted molar refractivity (Wildman–Crippen MR) is 127 cm³/mol. The lowest BCUT2D eigenvalue weighted by atomic mass is 9.98. The van der Waals surface area contributed by atoms with Crippen molar-refractivity contribution >= 4 is 11.7 Å². The Morgan fingerprint density at radius 3 is 2.59 bits per heavy atom. The van der Waals surface area contributed by atoms with Crippen LogP contribution >= 0.6 is 0 Å². The third kappa shape index (κ3) is 3.69. The molecule has 0 bridgehead atoms. The van der Waals surface area contributed by atoms with Crippen LogP contribution in [0.25, 0.3) is 16.9 Å². The fourth-order valence-electron chi connectivity index (χ4n) is 4.49. The minimum absolute atomic E-state index is 0.180. The summed E-state index contributed by atoms with van der Waals surface area (Å²) in [6.07, 6.45) is 3.07. The Bertz CT molecular complexity index is 1420. The molecular formula is C27H23N5O2. The van der Waals surface area contributed by atoms with Gasteiger partial charge in [0, 0.05) is 49.5 Å². The molecule has 0 aliphatic heterocycles. The number of fused-ring (bicyclic) bond motifs is 3. The van der Waals surface area contributed by atoms with Crippen LogP contribution in [-0.2, 0) is 24.7 Å². The van der Waals surface area contributed by atoms with Gasteiger partial charge in [-0.2, -0.15) is 10.4 Å². The van der Waals surface area contributed by atoms with Crippen molar-refractivity contribution in [2.75, 3.05) is 6.54 Å². The average molecular weight is 450 g/mol. The third-order valence-electron chi connectivity index (χ3n) is 6.24. The number of nitrogens with one attached hydrogen (secondary N) is 1. The van der Waals surface area contributed by atoms with E-state index in [9.17, 15) is 14.9 Å². The molecule has 1 N–H and O–H groups in total. The lowest BCUT2D eigenvalue weighted by Crippen LogP contribution is -2.36. The van der Waals surface area contributed by atoms with Crippen LogP contribution in [0.2, 0.25) is 0 Å². The SMILES string of the molecule is Cn1cccc1CCNC(=O)C(C#N)C(=O)c1nn(-c2ccccc2)c2c1Cc1ccccc1-2. The van der Waals surface area contributed by atoms with Gasteiger partial charge < -0.3 is 9.88 Å². The highest BCUT2D eigenvalue weighted by Crippen LogP contribution is 2.40. The second-order valence-corrected chi connectivity index (χ2v) is 8.33. The predicted octanol–water partition coefficient (Wildman–Crippen LogP) is 3.46. The van der Waals surface area contributed by atoms with Crippen LogP contribution in [0.15, 0.2) is 72.9 Å². The maximum Gasteiger partial charge on any atom is 0.245 e. The summed E-state index contributed by atoms with van der Waals surface area (Å²) in [5, 5.41) is 17.1. The molecule has 0 saturated heterocycles. The molecule has 2 aromatic carbocycles. The van der Waals surface area contributed by atoms with E-state index in [0.717, 1.165) is 33.8 Å². The Balaban J connectivity index is 1.44. The molecule has 0 saturated carbocycles. The van der Waals surface area contributed by atoms with Crippen molar-refractivity contribution in [3.05, 3.63) is 95.4 Å². The topological polar surface area (TPSA) is 92.7 Å². The summed E-state index contributed by atoms with van der Waals surface area (Å²) in [4.78, 5) is 26.3. The zero-order valence-electron chi connectivity index (χ0n) is 18.7. The molecule has 0 fully saturated rings. The molecule has 2 heterocycles. The smallest absolute Gasteiger partial charge is 0.245 e. The number of hydrogen-bond donors (Lipinski definition) is 1. The van der Waals surface area contributed by atoms with Gasteiger partial charge in [-0.25, -0.2) is 4.68 Å². The summed E-state index contributed by atoms with van der Waals surface area (Å²) in [6.45, 7) is 0.337. The molecule has 4 aromatic rings. The van der Waals surface area contributed by atoms with Crippen LogP contribution in [0, 0.1) is 17.2 Å². The number of Topliss-reactive ketones (excluding diaryl/α,β-unsaturated/α-hetero) is 1. The van der Waals surface area contributed by atoms with Crippen molar-refractivity contribution < 1.29 is 9.59 Å². The highest BCUT2D eigenvalue weighted by molar-refractivity contribution is 6.12. The van der Waals surface area contributed by atoms with Crippen molar-refractivity contribution in [2.45, 2.75) is 12.8 Å². The summed E-state index contributed by atoms with van der Waals surface area (Å²) in [5.74, 6) is -2.63. The summed E-state index contributed by atoms with van der Waals surface area (Å²) in [6, 6.07) is 23.3. The molecule has 1 unspecified atom stereocenters. The monoisotopic (exact) mass is 449 g/mol. The molecular weight excluding hydrogens is 426 g/mol. The summed E-state index contributed by atoms with van der Waals surface area (Å²) < 4.78 is 3.71. The van der Waals surface area contributed by atoms with E-state index in [1.54, 1.807) is 4.68 Å². The number of nitrogens with zero attached hydrogens (tertiary/aromatic N) is 4. The van der Waals surface area contributed by atoms with Gasteiger partial charge in [0.25, 0.3) is 0 Å². The average Bonchev–Trinajstić information content (AvgIpc) is 3.54. The Morgan fingerprint density at radius 2 is 1.85 bits per heavy atom. The Kier molecular flexibility index (Phi) is 5.56. The third-order valence-corrected chi connectivity index (χ3v) is 6.24. The van der Waals surface area contributed by atoms with E-state index in [1.165, 1.54) is 0 Å². The number of nitriles is 1. The van der Waals surface area contributed by atoms with Crippen molar-refractivity contribution in [2.24, 2.45) is 13.0 Å². The minimum atomic E-state index is -1.46. The van der Waals surface area contributed by atoms with Crippen molar-refractivity contribution in [3.63, 3.8) is 0 Å². The van der Waals surface area contributed by atoms with Gasteiger partial charge in [0.2, 0.25) is 11.7 Å². The van der Waals surface area contributed by atoms with Crippen LogP contribution in [-0.4, -0.2) is 32.6 Å². The van der Waals surface area contributed by atoms with Gasteiger partial charge in [-0.05, 0) is 29.8 Å². The molecule has 5 rings (SSSR count). The van der Waals surface area contributed by atoms with Gasteiger partial charge >= 0.3 is 0 Å². The van der Waals surface area contributed by atoms with Gasteiger partial charge in [-0.3, -0.25) is 9.59 Å². The second-order valence-electron chi connectivity index (χ2n) is 8.33. The van der Waals surface area contributed by atoms with E-state index in [2.05, 4.69) is 10.4 Å². The lowest BCUT2D eigenvalue weighted by Gasteiger charge is -2.10. The molecule has 1 atom stereocenters. The van der Waals surface area contributed by atoms with Crippen LogP contribution in [0.1, 0.15) is 27.3 Å². The number of ketones is 1. The number of para-hydroxylation sites is 1. The van der Waals surface area contributed by atoms with E-state index in [1.807, 2.05) is 90.6 Å². The van der Waals surface area contributed by atoms with Crippen molar-refractivity contribution in [1.29, 1.82) is 5.26 Å². The summed E-state index contributed by atoms with van der Waals surface area (Å²) in [7, 11) is 1.93. The Hall–Kier alpha value is -4.44. The molecule has 1 aliphatic carbocycles. The van der Waals surface area contributed by atoms with Gasteiger partial charge in [0.1, 0.15) is 5.69 Å². The van der Waals surface area contributed by atoms with Gasteiger partial charge in [0.15, 0.2) is 5.92 Å². The zero-order valence-corrected chi connectivity index (χ0v) is 18.7. The van der Waals surface area contributed by atoms with Crippen LogP contribution in [0.4, 0.5) is 0 Å². The highest BCUT2D eigenvalue weighted by atomic mass is 16.2. The maximum absolute atomic E-state index is 13.5. The zero-order chi connectivity index (χ0) is 23.7. The standard InChI is InChI=1S/C27H23N5O2/c1-31-15-7-11-19(31)13-14-29-27(34)23(17-28)26(33)24-22-16-18-8-5-6-12-21(18)25(22)32(30-24)20-9-3-2-4-10-20/h2-12,15,23H,13-14,16H2,1H3,(H,29,34). The maximum atomic E-state index is 13.5. The van der Waals surface area contributed by atoms with Gasteiger partial charge in [-0.15, -0.1) is 0 Å². The first kappa shape index (κ1) is 21.4. The van der Waals surface area contributed by atoms with Crippen LogP contribution in [0.5, 0.6) is 0 Å². The number of hydrogen-bond acceptors (Lipinski definition) is 4. The second kappa shape index (κ2) is 8.83. The number of aromatic nitrogens is 3. The fraction of sp³-hybridized carbons (Fsp3) is 0.185. The van der Waals surface area contributed by atoms with E-state index >= 15 is 0 Å². The number of aryl methyl sites for hydroxylation is 1. The van der Waals surface area contributed by atoms with Gasteiger partial charge in [0.05, 0.1) is 17.5 Å². The number of carbonyl (C=O) groups excluding carboxylic acids is 2. The highest BCUT2D eigenvalue weighted by Gasteiger charge is 2.36. The molecule has 1 amide bonds. The molecule has 1 aliphatic rings. The summed E-state index contributed by atoms with van der Waals surface area (Å²) >= 11 is 0. The van der Waals surface area contributed by atoms with E-state index in [4.69, 9.17) is 0 Å². The molecule has 0 spiro atoms. The minimum Gasteiger partial charge on any atom is -0.354 e. The number of amides is 1. The van der Waals surface area contributed by atoms with E-state index in [0.29, 0.717) is 19.4 Å². The normalized spacial score (nSPS) is 12.5. The Labute approximate surface area is 197 Å². The Morgan fingerprint density at radius 1 is 1.09 bits per heavy atom. The molecule has 0 radical (unpaired) electrons. The first-order valence-corrected chi connectivity index (χ1v) is 11.2. The molecule has 7 nitrogen and oxygen atoms in total. The number of rotatable bonds is 7. The first-order chi connectivity index (χ1) is 16.6. The van der Waals surface area contributed by atoms with E-state index in [-0.39, 0.29) is 5.69 Å². The largest absolute Gasteiger partial charge is 0.354 e. The molecule has 168 valence electrons. The quantitative estimate of drug-likeness (QED) is 0.304. The molecule has 2 aromatic heterocycles. The van der Waals surface area contributed by atoms with E-state index < -0.39 is 17.6 Å². The van der Waals surface area contributed by atoms with Crippen molar-refractivity contribution in [3.8, 4) is 23.0 Å². The van der Waals surface area contributed by atoms with Crippen LogP contribution in [0.3, 0.4) is 0 Å². The van der Waals surface area contributed by atoms with Crippen molar-refractivity contribution in [1.82, 2.24) is 19.7 Å². The molecule has 7 heteroatoms. The first-order valence-electron chi connectivity index (χ1n) is 11.2. The van der Waals surface area contributed by atoms with Crippen LogP contribution < -0.4 is 5.32 Å². The number of benzene rings is 2. The summed E-state index contributed by atoms with van der Waals surface area (Å²) in [5.41, 5.74) is 5.74. The van der Waals surface area contributed by atoms with Gasteiger partial charge in [-0.1, -0.05) is 42.5 Å². The molecule has 34 heavy (non-hydrogen) atoms. The fourth-order valence-corrected chi connectivity index (χ4v) is 4.49. The lowest BCUT2D eigenvalue weighted by molar-refractivity contribution is -0.122. The number of carbonyl (C=O) groups is 2.